The number of nitro groups is 1. The average molecular weight is 303 g/mol. The third-order valence-electron chi connectivity index (χ3n) is 2.35. The van der Waals surface area contributed by atoms with Crippen molar-refractivity contribution in [1.82, 2.24) is 0 Å². The van der Waals surface area contributed by atoms with Gasteiger partial charge in [0.15, 0.2) is 0 Å². The first-order valence-electron chi connectivity index (χ1n) is 4.88. The van der Waals surface area contributed by atoms with Gasteiger partial charge >= 0.3 is 0 Å². The van der Waals surface area contributed by atoms with Crippen LogP contribution in [0.25, 0.3) is 11.1 Å². The molecule has 0 unspecified atom stereocenters. The summed E-state index contributed by atoms with van der Waals surface area (Å²) in [5.41, 5.74) is 1.09. The van der Waals surface area contributed by atoms with Gasteiger partial charge in [0, 0.05) is 22.7 Å². The molecule has 92 valence electrons. The highest BCUT2D eigenvalue weighted by Gasteiger charge is 2.13. The second-order valence-corrected chi connectivity index (χ2v) is 4.80. The first-order valence-corrected chi connectivity index (χ1v) is 6.02. The summed E-state index contributed by atoms with van der Waals surface area (Å²) in [6.07, 6.45) is 0. The molecule has 2 aromatic rings. The Morgan fingerprint density at radius 3 is 2.17 bits per heavy atom. The molecule has 0 heterocycles. The molecule has 18 heavy (non-hydrogen) atoms. The monoisotopic (exact) mass is 301 g/mol. The molecule has 2 rings (SSSR count). The van der Waals surface area contributed by atoms with Gasteiger partial charge in [0.2, 0.25) is 0 Å². The van der Waals surface area contributed by atoms with Gasteiger partial charge in [0.25, 0.3) is 5.69 Å². The normalized spacial score (nSPS) is 10.4. The minimum Gasteiger partial charge on any atom is -0.258 e. The minimum absolute atomic E-state index is 0.0189. The fraction of sp³-hybridized carbons (Fsp3) is 0. The van der Waals surface area contributed by atoms with Crippen LogP contribution >= 0.6 is 34.8 Å². The topological polar surface area (TPSA) is 43.1 Å². The molecule has 6 heteroatoms. The molecule has 0 amide bonds. The van der Waals surface area contributed by atoms with Crippen LogP contribution in [0.1, 0.15) is 0 Å². The standard InChI is InChI=1S/C12H6Cl3NO2/c13-8-5-10(14)12(11(15)6-8)7-2-1-3-9(4-7)16(17)18/h1-6H. The molecule has 0 saturated heterocycles. The number of non-ortho nitro benzene ring substituents is 1. The van der Waals surface area contributed by atoms with E-state index in [1.807, 2.05) is 0 Å². The van der Waals surface area contributed by atoms with Crippen LogP contribution < -0.4 is 0 Å². The summed E-state index contributed by atoms with van der Waals surface area (Å²) in [5.74, 6) is 0. The molecule has 0 saturated carbocycles. The van der Waals surface area contributed by atoms with Crippen molar-refractivity contribution in [3.63, 3.8) is 0 Å². The molecule has 0 aliphatic rings. The highest BCUT2D eigenvalue weighted by molar-refractivity contribution is 6.41. The minimum atomic E-state index is -0.471. The van der Waals surface area contributed by atoms with Gasteiger partial charge in [0.05, 0.1) is 15.0 Å². The van der Waals surface area contributed by atoms with Crippen LogP contribution in [-0.4, -0.2) is 4.92 Å². The lowest BCUT2D eigenvalue weighted by molar-refractivity contribution is -0.384. The van der Waals surface area contributed by atoms with Crippen molar-refractivity contribution in [3.05, 3.63) is 61.6 Å². The molecule has 3 nitrogen and oxygen atoms in total. The Balaban J connectivity index is 2.62. The number of halogens is 3. The van der Waals surface area contributed by atoms with E-state index in [-0.39, 0.29) is 5.69 Å². The SMILES string of the molecule is O=[N+]([O-])c1cccc(-c2c(Cl)cc(Cl)cc2Cl)c1. The van der Waals surface area contributed by atoms with Crippen molar-refractivity contribution in [2.75, 3.05) is 0 Å². The Kier molecular flexibility index (Phi) is 3.76. The maximum atomic E-state index is 10.7. The van der Waals surface area contributed by atoms with Gasteiger partial charge in [-0.15, -0.1) is 0 Å². The zero-order valence-electron chi connectivity index (χ0n) is 8.86. The molecular formula is C12H6Cl3NO2. The lowest BCUT2D eigenvalue weighted by Gasteiger charge is -2.07. The molecule has 2 aromatic carbocycles. The van der Waals surface area contributed by atoms with E-state index in [2.05, 4.69) is 0 Å². The van der Waals surface area contributed by atoms with E-state index in [1.165, 1.54) is 12.1 Å². The van der Waals surface area contributed by atoms with Gasteiger partial charge in [0.1, 0.15) is 0 Å². The van der Waals surface area contributed by atoms with E-state index in [4.69, 9.17) is 34.8 Å². The first-order chi connectivity index (χ1) is 8.49. The number of benzene rings is 2. The lowest BCUT2D eigenvalue weighted by atomic mass is 10.1. The number of nitro benzene ring substituents is 1. The molecule has 0 aliphatic heterocycles. The summed E-state index contributed by atoms with van der Waals surface area (Å²) >= 11 is 17.9. The van der Waals surface area contributed by atoms with E-state index in [9.17, 15) is 10.1 Å². The van der Waals surface area contributed by atoms with Crippen molar-refractivity contribution in [2.45, 2.75) is 0 Å². The van der Waals surface area contributed by atoms with Crippen molar-refractivity contribution >= 4 is 40.5 Å². The zero-order chi connectivity index (χ0) is 13.3. The molecule has 0 bridgehead atoms. The fourth-order valence-corrected chi connectivity index (χ4v) is 2.63. The van der Waals surface area contributed by atoms with Gasteiger partial charge in [-0.1, -0.05) is 46.9 Å². The summed E-state index contributed by atoms with van der Waals surface area (Å²) in [7, 11) is 0. The number of hydrogen-bond donors (Lipinski definition) is 0. The number of hydrogen-bond acceptors (Lipinski definition) is 2. The van der Waals surface area contributed by atoms with Crippen LogP contribution in [0.2, 0.25) is 15.1 Å². The van der Waals surface area contributed by atoms with E-state index >= 15 is 0 Å². The number of rotatable bonds is 2. The molecular weight excluding hydrogens is 296 g/mol. The predicted molar refractivity (Wildman–Crippen MR) is 73.6 cm³/mol. The van der Waals surface area contributed by atoms with Crippen molar-refractivity contribution < 1.29 is 4.92 Å². The average Bonchev–Trinajstić information content (AvgIpc) is 2.28. The first kappa shape index (κ1) is 13.1. The Bertz CT molecular complexity index is 605. The van der Waals surface area contributed by atoms with Crippen molar-refractivity contribution in [1.29, 1.82) is 0 Å². The molecule has 0 aromatic heterocycles. The van der Waals surface area contributed by atoms with Crippen LogP contribution in [-0.2, 0) is 0 Å². The molecule has 0 radical (unpaired) electrons. The fourth-order valence-electron chi connectivity index (χ4n) is 1.59. The molecule has 0 aliphatic carbocycles. The third kappa shape index (κ3) is 2.58. The van der Waals surface area contributed by atoms with Crippen molar-refractivity contribution in [2.24, 2.45) is 0 Å². The highest BCUT2D eigenvalue weighted by Crippen LogP contribution is 2.38. The van der Waals surface area contributed by atoms with E-state index in [0.717, 1.165) is 0 Å². The van der Waals surface area contributed by atoms with Crippen LogP contribution in [0, 0.1) is 10.1 Å². The smallest absolute Gasteiger partial charge is 0.258 e. The largest absolute Gasteiger partial charge is 0.270 e. The highest BCUT2D eigenvalue weighted by atomic mass is 35.5. The molecule has 0 N–H and O–H groups in total. The molecule has 0 fully saturated rings. The Labute approximate surface area is 118 Å². The van der Waals surface area contributed by atoms with Crippen LogP contribution in [0.4, 0.5) is 5.69 Å². The van der Waals surface area contributed by atoms with Crippen LogP contribution in [0.3, 0.4) is 0 Å². The van der Waals surface area contributed by atoms with E-state index in [1.54, 1.807) is 24.3 Å². The summed E-state index contributed by atoms with van der Waals surface area (Å²) in [5, 5.41) is 11.9. The van der Waals surface area contributed by atoms with Gasteiger partial charge in [-0.05, 0) is 17.7 Å². The zero-order valence-corrected chi connectivity index (χ0v) is 11.1. The van der Waals surface area contributed by atoms with Gasteiger partial charge in [-0.3, -0.25) is 10.1 Å². The Morgan fingerprint density at radius 1 is 1.00 bits per heavy atom. The second-order valence-electron chi connectivity index (χ2n) is 3.55. The maximum Gasteiger partial charge on any atom is 0.270 e. The van der Waals surface area contributed by atoms with Gasteiger partial charge in [-0.2, -0.15) is 0 Å². The van der Waals surface area contributed by atoms with Crippen LogP contribution in [0.5, 0.6) is 0 Å². The summed E-state index contributed by atoms with van der Waals surface area (Å²) in [4.78, 5) is 10.3. The third-order valence-corrected chi connectivity index (χ3v) is 3.17. The molecule has 0 spiro atoms. The summed E-state index contributed by atoms with van der Waals surface area (Å²) in [6, 6.07) is 9.19. The van der Waals surface area contributed by atoms with Gasteiger partial charge < -0.3 is 0 Å². The Morgan fingerprint density at radius 2 is 1.61 bits per heavy atom. The van der Waals surface area contributed by atoms with E-state index < -0.39 is 4.92 Å². The molecule has 0 atom stereocenters. The second kappa shape index (κ2) is 5.14. The quantitative estimate of drug-likeness (QED) is 0.563. The number of nitrogens with zero attached hydrogens (tertiary/aromatic N) is 1. The summed E-state index contributed by atoms with van der Waals surface area (Å²) < 4.78 is 0. The lowest BCUT2D eigenvalue weighted by Crippen LogP contribution is -1.89. The van der Waals surface area contributed by atoms with Crippen LogP contribution in [0.15, 0.2) is 36.4 Å². The predicted octanol–water partition coefficient (Wildman–Crippen LogP) is 5.22. The van der Waals surface area contributed by atoms with E-state index in [0.29, 0.717) is 26.2 Å². The van der Waals surface area contributed by atoms with Gasteiger partial charge in [-0.25, -0.2) is 0 Å². The van der Waals surface area contributed by atoms with Crippen molar-refractivity contribution in [3.8, 4) is 11.1 Å². The summed E-state index contributed by atoms with van der Waals surface area (Å²) in [6.45, 7) is 0. The Hall–Kier alpha value is -1.29. The maximum absolute atomic E-state index is 10.7.